The van der Waals surface area contributed by atoms with Crippen molar-refractivity contribution < 1.29 is 57.9 Å². The van der Waals surface area contributed by atoms with E-state index in [0.717, 1.165) is 16.3 Å². The fourth-order valence-electron chi connectivity index (χ4n) is 6.53. The average molecular weight is 709 g/mol. The fourth-order valence-corrected chi connectivity index (χ4v) is 6.53. The molecule has 52 heavy (non-hydrogen) atoms. The van der Waals surface area contributed by atoms with Gasteiger partial charge in [-0.2, -0.15) is 0 Å². The Bertz CT molecular complexity index is 2180. The van der Waals surface area contributed by atoms with Crippen molar-refractivity contribution in [1.82, 2.24) is 9.88 Å². The summed E-state index contributed by atoms with van der Waals surface area (Å²) in [6, 6.07) is 25.1. The second-order valence-corrected chi connectivity index (χ2v) is 12.4. The number of hydrogen-bond donors (Lipinski definition) is 3. The van der Waals surface area contributed by atoms with Crippen LogP contribution in [-0.2, 0) is 35.2 Å². The molecule has 4 aromatic carbocycles. The Morgan fingerprint density at radius 3 is 2.33 bits per heavy atom. The number of ether oxygens (including phenoxy) is 4. The van der Waals surface area contributed by atoms with Crippen LogP contribution in [0.25, 0.3) is 27.9 Å². The Morgan fingerprint density at radius 2 is 1.58 bits per heavy atom. The van der Waals surface area contributed by atoms with Crippen molar-refractivity contribution in [3.63, 3.8) is 0 Å². The number of carboxylic acids is 3. The van der Waals surface area contributed by atoms with Gasteiger partial charge in [-0.1, -0.05) is 60.7 Å². The number of carboxylic acid groups (broad SMARTS) is 3. The van der Waals surface area contributed by atoms with Gasteiger partial charge in [0.25, 0.3) is 5.91 Å². The van der Waals surface area contributed by atoms with Gasteiger partial charge < -0.3 is 43.6 Å². The number of benzene rings is 4. The molecule has 1 fully saturated rings. The molecule has 0 bridgehead atoms. The number of rotatable bonds is 12. The minimum Gasteiger partial charge on any atom is -0.479 e. The number of nitrogens with zero attached hydrogens (tertiary/aromatic N) is 2. The van der Waals surface area contributed by atoms with E-state index in [-0.39, 0.29) is 13.3 Å². The molecule has 1 amide bonds. The van der Waals surface area contributed by atoms with Gasteiger partial charge in [0.2, 0.25) is 12.7 Å². The molecule has 3 N–H and O–H groups in total. The first-order valence-corrected chi connectivity index (χ1v) is 16.3. The van der Waals surface area contributed by atoms with Crippen molar-refractivity contribution >= 4 is 51.8 Å². The highest BCUT2D eigenvalue weighted by molar-refractivity contribution is 6.02. The van der Waals surface area contributed by atoms with E-state index in [1.807, 2.05) is 72.8 Å². The molecule has 1 saturated heterocycles. The van der Waals surface area contributed by atoms with Crippen molar-refractivity contribution in [2.24, 2.45) is 0 Å². The maximum atomic E-state index is 14.6. The Kier molecular flexibility index (Phi) is 9.09. The van der Waals surface area contributed by atoms with E-state index in [0.29, 0.717) is 40.5 Å². The van der Waals surface area contributed by atoms with E-state index in [2.05, 4.69) is 4.98 Å². The zero-order valence-corrected chi connectivity index (χ0v) is 27.6. The van der Waals surface area contributed by atoms with Gasteiger partial charge in [0, 0.05) is 18.5 Å². The van der Waals surface area contributed by atoms with Crippen molar-refractivity contribution in [2.45, 2.75) is 49.8 Å². The maximum Gasteiger partial charge on any atom is 0.377 e. The molecule has 5 aromatic rings. The second-order valence-electron chi connectivity index (χ2n) is 12.4. The third-order valence-corrected chi connectivity index (χ3v) is 9.22. The van der Waals surface area contributed by atoms with Gasteiger partial charge in [0.05, 0.1) is 0 Å². The number of fused-ring (bicyclic) bond motifs is 3. The van der Waals surface area contributed by atoms with Crippen LogP contribution < -0.4 is 9.47 Å². The van der Waals surface area contributed by atoms with Crippen LogP contribution in [0.5, 0.6) is 11.5 Å². The maximum absolute atomic E-state index is 14.6. The van der Waals surface area contributed by atoms with Crippen LogP contribution in [0.1, 0.15) is 36.3 Å². The number of aromatic nitrogens is 1. The average Bonchev–Trinajstić information content (AvgIpc) is 3.89. The second kappa shape index (κ2) is 13.8. The topological polar surface area (TPSA) is 195 Å². The summed E-state index contributed by atoms with van der Waals surface area (Å²) in [5.41, 5.74) is 2.69. The molecule has 0 unspecified atom stereocenters. The molecule has 0 saturated carbocycles. The molecule has 2 aliphatic heterocycles. The molecule has 3 heterocycles. The standard InChI is InChI=1S/C38H32N2O12/c1-21(26(25-15-16-29-30(18-25)49-20-48-29)9-6-12-31-39-27-10-4-5-11-28(27)50-31)40(19-22-13-14-23-7-2-3-8-24(23)17-22)34(41)32-33(35(42)43)52-38(51-32,36(44)45)37(46)47/h2-8,10-18,21,26,32-33H,9,19-20H2,1H3,(H,42,43)(H,44,45)(H,46,47)/t21-,26+,32+,33-/m1/s1. The summed E-state index contributed by atoms with van der Waals surface area (Å²) in [6.45, 7) is 1.71. The van der Waals surface area contributed by atoms with Gasteiger partial charge in [-0.25, -0.2) is 19.4 Å². The lowest BCUT2D eigenvalue weighted by Crippen LogP contribution is -2.51. The monoisotopic (exact) mass is 708 g/mol. The predicted molar refractivity (Wildman–Crippen MR) is 182 cm³/mol. The van der Waals surface area contributed by atoms with Crippen molar-refractivity contribution in [3.05, 3.63) is 108 Å². The lowest BCUT2D eigenvalue weighted by atomic mass is 9.87. The number of oxazole rings is 1. The summed E-state index contributed by atoms with van der Waals surface area (Å²) >= 11 is 0. The molecule has 14 nitrogen and oxygen atoms in total. The molecule has 0 aliphatic carbocycles. The minimum absolute atomic E-state index is 0.0354. The minimum atomic E-state index is -3.42. The van der Waals surface area contributed by atoms with Gasteiger partial charge >= 0.3 is 23.7 Å². The Labute approximate surface area is 295 Å². The molecule has 14 heteroatoms. The number of hydrogen-bond acceptors (Lipinski definition) is 10. The Balaban J connectivity index is 1.29. The first-order valence-electron chi connectivity index (χ1n) is 16.3. The van der Waals surface area contributed by atoms with Crippen molar-refractivity contribution in [1.29, 1.82) is 0 Å². The van der Waals surface area contributed by atoms with E-state index in [4.69, 9.17) is 23.4 Å². The zero-order valence-electron chi connectivity index (χ0n) is 27.6. The highest BCUT2D eigenvalue weighted by atomic mass is 16.8. The molecule has 266 valence electrons. The normalized spacial score (nSPS) is 18.8. The quantitative estimate of drug-likeness (QED) is 0.146. The molecule has 0 spiro atoms. The molecule has 4 atom stereocenters. The highest BCUT2D eigenvalue weighted by Crippen LogP contribution is 2.39. The highest BCUT2D eigenvalue weighted by Gasteiger charge is 2.64. The Morgan fingerprint density at radius 1 is 0.865 bits per heavy atom. The predicted octanol–water partition coefficient (Wildman–Crippen LogP) is 5.05. The molecular formula is C38H32N2O12. The van der Waals surface area contributed by atoms with E-state index < -0.39 is 53.8 Å². The largest absolute Gasteiger partial charge is 0.479 e. The first kappa shape index (κ1) is 34.2. The SMILES string of the molecule is C[C@H]([C@H](CC=Cc1nc2ccccc2o1)c1ccc2c(c1)OCO2)N(Cc1ccc2ccccc2c1)C(=O)[C@H]1OC(C(=O)O)(C(=O)O)O[C@H]1C(=O)O. The van der Waals surface area contributed by atoms with Crippen molar-refractivity contribution in [3.8, 4) is 11.5 Å². The number of allylic oxidation sites excluding steroid dienone is 1. The molecular weight excluding hydrogens is 676 g/mol. The molecule has 1 aromatic heterocycles. The van der Waals surface area contributed by atoms with E-state index in [1.165, 1.54) is 4.90 Å². The molecule has 7 rings (SSSR count). The van der Waals surface area contributed by atoms with Crippen LogP contribution in [0, 0.1) is 0 Å². The third kappa shape index (κ3) is 6.40. The molecule has 0 radical (unpaired) electrons. The van der Waals surface area contributed by atoms with Crippen molar-refractivity contribution in [2.75, 3.05) is 6.79 Å². The number of para-hydroxylation sites is 2. The number of carbonyl (C=O) groups is 4. The van der Waals surface area contributed by atoms with E-state index in [9.17, 15) is 34.5 Å². The number of carbonyl (C=O) groups excluding carboxylic acids is 1. The lowest BCUT2D eigenvalue weighted by Gasteiger charge is -2.36. The van der Waals surface area contributed by atoms with Gasteiger partial charge in [-0.3, -0.25) is 4.79 Å². The summed E-state index contributed by atoms with van der Waals surface area (Å²) in [6.07, 6.45) is -0.511. The smallest absolute Gasteiger partial charge is 0.377 e. The van der Waals surface area contributed by atoms with Gasteiger partial charge in [0.15, 0.2) is 29.3 Å². The Hall–Kier alpha value is -6.25. The van der Waals surface area contributed by atoms with Gasteiger partial charge in [-0.15, -0.1) is 0 Å². The van der Waals surface area contributed by atoms with Crippen LogP contribution in [0.2, 0.25) is 0 Å². The summed E-state index contributed by atoms with van der Waals surface area (Å²) in [4.78, 5) is 57.0. The van der Waals surface area contributed by atoms with Crippen LogP contribution in [0.4, 0.5) is 0 Å². The van der Waals surface area contributed by atoms with Gasteiger partial charge in [0.1, 0.15) is 5.52 Å². The third-order valence-electron chi connectivity index (χ3n) is 9.22. The van der Waals surface area contributed by atoms with Gasteiger partial charge in [-0.05, 0) is 71.7 Å². The fraction of sp³-hybridized carbons (Fsp3) is 0.237. The first-order chi connectivity index (χ1) is 25.0. The summed E-state index contributed by atoms with van der Waals surface area (Å²) in [5.74, 6) is -9.50. The van der Waals surface area contributed by atoms with E-state index >= 15 is 0 Å². The van der Waals surface area contributed by atoms with Crippen LogP contribution in [-0.4, -0.2) is 79.8 Å². The number of aliphatic carboxylic acids is 3. The van der Waals surface area contributed by atoms with E-state index in [1.54, 1.807) is 31.2 Å². The van der Waals surface area contributed by atoms with Crippen LogP contribution in [0.3, 0.4) is 0 Å². The molecule has 2 aliphatic rings. The zero-order chi connectivity index (χ0) is 36.6. The summed E-state index contributed by atoms with van der Waals surface area (Å²) in [5, 5.41) is 31.4. The summed E-state index contributed by atoms with van der Waals surface area (Å²) in [7, 11) is 0. The number of amides is 1. The van der Waals surface area contributed by atoms with Crippen LogP contribution >= 0.6 is 0 Å². The summed E-state index contributed by atoms with van der Waals surface area (Å²) < 4.78 is 27.3. The lowest BCUT2D eigenvalue weighted by molar-refractivity contribution is -0.221. The van der Waals surface area contributed by atoms with Crippen LogP contribution in [0.15, 0.2) is 95.4 Å².